The molecule has 1 nitrogen and oxygen atoms in total. The summed E-state index contributed by atoms with van der Waals surface area (Å²) < 4.78 is 12.6. The quantitative estimate of drug-likeness (QED) is 0.644. The number of benzene rings is 1. The molecule has 0 N–H and O–H groups in total. The lowest BCUT2D eigenvalue weighted by molar-refractivity contribution is 0.628. The van der Waals surface area contributed by atoms with Gasteiger partial charge in [-0.3, -0.25) is 4.98 Å². The van der Waals surface area contributed by atoms with Crippen molar-refractivity contribution in [2.45, 2.75) is 0 Å². The van der Waals surface area contributed by atoms with Gasteiger partial charge in [-0.15, -0.1) is 0 Å². The molecule has 0 saturated heterocycles. The SMILES string of the molecule is Fc1ccc(-c2[c]ccnc2)cc1. The Morgan fingerprint density at radius 2 is 1.92 bits per heavy atom. The molecule has 0 bridgehead atoms. The Morgan fingerprint density at radius 1 is 1.15 bits per heavy atom. The summed E-state index contributed by atoms with van der Waals surface area (Å²) in [7, 11) is 0. The molecule has 2 aromatic rings. The van der Waals surface area contributed by atoms with E-state index in [-0.39, 0.29) is 5.82 Å². The van der Waals surface area contributed by atoms with Gasteiger partial charge in [-0.05, 0) is 29.8 Å². The third-order valence-corrected chi connectivity index (χ3v) is 1.76. The van der Waals surface area contributed by atoms with Crippen LogP contribution < -0.4 is 0 Å². The summed E-state index contributed by atoms with van der Waals surface area (Å²) in [4.78, 5) is 3.96. The normalized spacial score (nSPS) is 9.92. The van der Waals surface area contributed by atoms with Crippen molar-refractivity contribution in [3.05, 3.63) is 54.6 Å². The maximum atomic E-state index is 12.6. The second-order valence-corrected chi connectivity index (χ2v) is 2.66. The van der Waals surface area contributed by atoms with E-state index in [4.69, 9.17) is 0 Å². The highest BCUT2D eigenvalue weighted by Gasteiger charge is 1.96. The van der Waals surface area contributed by atoms with Gasteiger partial charge in [0, 0.05) is 18.0 Å². The van der Waals surface area contributed by atoms with Gasteiger partial charge in [0.1, 0.15) is 5.82 Å². The van der Waals surface area contributed by atoms with Crippen LogP contribution in [0.1, 0.15) is 0 Å². The third kappa shape index (κ3) is 1.72. The van der Waals surface area contributed by atoms with Gasteiger partial charge in [0.05, 0.1) is 0 Å². The molecule has 2 heteroatoms. The predicted octanol–water partition coefficient (Wildman–Crippen LogP) is 2.69. The second kappa shape index (κ2) is 3.35. The fourth-order valence-electron chi connectivity index (χ4n) is 1.11. The number of hydrogen-bond acceptors (Lipinski definition) is 1. The zero-order valence-corrected chi connectivity index (χ0v) is 6.87. The number of pyridine rings is 1. The van der Waals surface area contributed by atoms with E-state index in [1.54, 1.807) is 30.6 Å². The van der Waals surface area contributed by atoms with Crippen molar-refractivity contribution in [1.82, 2.24) is 4.98 Å². The molecular weight excluding hydrogens is 165 g/mol. The fourth-order valence-corrected chi connectivity index (χ4v) is 1.11. The van der Waals surface area contributed by atoms with E-state index in [9.17, 15) is 4.39 Å². The first-order chi connectivity index (χ1) is 6.36. The average molecular weight is 172 g/mol. The molecular formula is C11H7FN. The van der Waals surface area contributed by atoms with Crippen LogP contribution in [0.25, 0.3) is 11.1 Å². The summed E-state index contributed by atoms with van der Waals surface area (Å²) in [5.41, 5.74) is 1.80. The van der Waals surface area contributed by atoms with Crippen molar-refractivity contribution in [2.24, 2.45) is 0 Å². The van der Waals surface area contributed by atoms with Gasteiger partial charge >= 0.3 is 0 Å². The van der Waals surface area contributed by atoms with Crippen LogP contribution in [0, 0.1) is 11.9 Å². The Morgan fingerprint density at radius 3 is 2.54 bits per heavy atom. The largest absolute Gasteiger partial charge is 0.264 e. The molecule has 1 aromatic heterocycles. The van der Waals surface area contributed by atoms with Crippen molar-refractivity contribution < 1.29 is 4.39 Å². The molecule has 63 valence electrons. The zero-order chi connectivity index (χ0) is 9.10. The number of rotatable bonds is 1. The molecule has 1 aromatic carbocycles. The monoisotopic (exact) mass is 172 g/mol. The van der Waals surface area contributed by atoms with E-state index in [2.05, 4.69) is 11.1 Å². The Balaban J connectivity index is 2.42. The van der Waals surface area contributed by atoms with Crippen LogP contribution >= 0.6 is 0 Å². The first-order valence-electron chi connectivity index (χ1n) is 3.94. The minimum absolute atomic E-state index is 0.229. The van der Waals surface area contributed by atoms with Crippen LogP contribution in [0.3, 0.4) is 0 Å². The van der Waals surface area contributed by atoms with Crippen LogP contribution in [0.2, 0.25) is 0 Å². The highest BCUT2D eigenvalue weighted by molar-refractivity contribution is 5.61. The molecule has 0 amide bonds. The minimum Gasteiger partial charge on any atom is -0.264 e. The van der Waals surface area contributed by atoms with Gasteiger partial charge in [0.15, 0.2) is 0 Å². The van der Waals surface area contributed by atoms with E-state index in [1.165, 1.54) is 12.1 Å². The number of halogens is 1. The van der Waals surface area contributed by atoms with Crippen molar-refractivity contribution in [3.8, 4) is 11.1 Å². The van der Waals surface area contributed by atoms with Crippen molar-refractivity contribution in [2.75, 3.05) is 0 Å². The standard InChI is InChI=1S/C11H7FN/c12-11-5-3-9(4-6-11)10-2-1-7-13-8-10/h1,3-8H. The second-order valence-electron chi connectivity index (χ2n) is 2.66. The lowest BCUT2D eigenvalue weighted by Gasteiger charge is -1.98. The molecule has 2 rings (SSSR count). The molecule has 0 atom stereocenters. The van der Waals surface area contributed by atoms with Gasteiger partial charge in [-0.1, -0.05) is 12.1 Å². The minimum atomic E-state index is -0.229. The predicted molar refractivity (Wildman–Crippen MR) is 48.5 cm³/mol. The molecule has 0 spiro atoms. The number of hydrogen-bond donors (Lipinski definition) is 0. The fraction of sp³-hybridized carbons (Fsp3) is 0. The van der Waals surface area contributed by atoms with Crippen LogP contribution in [0.15, 0.2) is 42.7 Å². The van der Waals surface area contributed by atoms with Gasteiger partial charge in [0.2, 0.25) is 0 Å². The van der Waals surface area contributed by atoms with Crippen molar-refractivity contribution in [1.29, 1.82) is 0 Å². The first kappa shape index (κ1) is 7.92. The van der Waals surface area contributed by atoms with E-state index in [1.807, 2.05) is 0 Å². The number of aromatic nitrogens is 1. The van der Waals surface area contributed by atoms with E-state index in [0.717, 1.165) is 11.1 Å². The van der Waals surface area contributed by atoms with Crippen LogP contribution in [0.4, 0.5) is 4.39 Å². The summed E-state index contributed by atoms with van der Waals surface area (Å²) in [6, 6.07) is 11.0. The zero-order valence-electron chi connectivity index (χ0n) is 6.87. The van der Waals surface area contributed by atoms with E-state index < -0.39 is 0 Å². The molecule has 1 heterocycles. The Labute approximate surface area is 75.9 Å². The lowest BCUT2D eigenvalue weighted by atomic mass is 10.1. The Bertz CT molecular complexity index is 381. The van der Waals surface area contributed by atoms with Crippen molar-refractivity contribution in [3.63, 3.8) is 0 Å². The highest BCUT2D eigenvalue weighted by atomic mass is 19.1. The van der Waals surface area contributed by atoms with Crippen LogP contribution in [-0.4, -0.2) is 4.98 Å². The highest BCUT2D eigenvalue weighted by Crippen LogP contribution is 2.16. The van der Waals surface area contributed by atoms with E-state index >= 15 is 0 Å². The first-order valence-corrected chi connectivity index (χ1v) is 3.94. The summed E-state index contributed by atoms with van der Waals surface area (Å²) in [5, 5.41) is 0. The lowest BCUT2D eigenvalue weighted by Crippen LogP contribution is -1.79. The smallest absolute Gasteiger partial charge is 0.123 e. The van der Waals surface area contributed by atoms with Gasteiger partial charge < -0.3 is 0 Å². The van der Waals surface area contributed by atoms with Crippen molar-refractivity contribution >= 4 is 0 Å². The van der Waals surface area contributed by atoms with Gasteiger partial charge in [-0.25, -0.2) is 4.39 Å². The molecule has 0 aliphatic rings. The average Bonchev–Trinajstić information content (AvgIpc) is 2.20. The van der Waals surface area contributed by atoms with Crippen LogP contribution in [-0.2, 0) is 0 Å². The molecule has 13 heavy (non-hydrogen) atoms. The summed E-state index contributed by atoms with van der Waals surface area (Å²) in [6.45, 7) is 0. The van der Waals surface area contributed by atoms with Gasteiger partial charge in [0.25, 0.3) is 0 Å². The summed E-state index contributed by atoms with van der Waals surface area (Å²) >= 11 is 0. The molecule has 0 saturated carbocycles. The Hall–Kier alpha value is -1.70. The molecule has 0 fully saturated rings. The summed E-state index contributed by atoms with van der Waals surface area (Å²) in [6.07, 6.45) is 3.36. The molecule has 0 aliphatic carbocycles. The van der Waals surface area contributed by atoms with Gasteiger partial charge in [-0.2, -0.15) is 0 Å². The summed E-state index contributed by atoms with van der Waals surface area (Å²) in [5.74, 6) is -0.229. The third-order valence-electron chi connectivity index (χ3n) is 1.76. The molecule has 1 radical (unpaired) electrons. The van der Waals surface area contributed by atoms with E-state index in [0.29, 0.717) is 0 Å². The number of nitrogens with zero attached hydrogens (tertiary/aromatic N) is 1. The Kier molecular flexibility index (Phi) is 2.04. The topological polar surface area (TPSA) is 12.9 Å². The maximum absolute atomic E-state index is 12.6. The van der Waals surface area contributed by atoms with Crippen LogP contribution in [0.5, 0.6) is 0 Å². The molecule has 0 aliphatic heterocycles. The maximum Gasteiger partial charge on any atom is 0.123 e. The molecule has 0 unspecified atom stereocenters.